The molecule has 0 aliphatic carbocycles. The Kier molecular flexibility index (Phi) is 7.68. The lowest BCUT2D eigenvalue weighted by molar-refractivity contribution is -0.115. The molecule has 2 N–H and O–H groups in total. The van der Waals surface area contributed by atoms with Crippen LogP contribution in [-0.2, 0) is 11.3 Å². The first-order valence-corrected chi connectivity index (χ1v) is 8.18. The van der Waals surface area contributed by atoms with Gasteiger partial charge in [-0.2, -0.15) is 0 Å². The summed E-state index contributed by atoms with van der Waals surface area (Å²) < 4.78 is 5.85. The summed E-state index contributed by atoms with van der Waals surface area (Å²) in [4.78, 5) is 12.2. The highest BCUT2D eigenvalue weighted by atomic mass is 35.5. The molecule has 0 saturated carbocycles. The third-order valence-electron chi connectivity index (χ3n) is 3.59. The van der Waals surface area contributed by atoms with Crippen LogP contribution in [0.4, 0.5) is 5.69 Å². The molecule has 1 amide bonds. The summed E-state index contributed by atoms with van der Waals surface area (Å²) in [6, 6.07) is 26.9. The molecule has 4 nitrogen and oxygen atoms in total. The standard InChI is InChI=1S/C21H20N2O2.ClH/c24-21(16-22-15-17-9-3-1-4-10-17)23-19-13-7-8-14-20(19)25-18-11-5-2-6-12-18;/h1-14,22H,15-16H2,(H,23,24);1H. The Morgan fingerprint density at radius 3 is 2.15 bits per heavy atom. The van der Waals surface area contributed by atoms with Crippen molar-refractivity contribution in [2.75, 3.05) is 11.9 Å². The molecule has 3 rings (SSSR count). The highest BCUT2D eigenvalue weighted by Gasteiger charge is 2.08. The highest BCUT2D eigenvalue weighted by molar-refractivity contribution is 5.93. The van der Waals surface area contributed by atoms with Gasteiger partial charge in [-0.1, -0.05) is 60.7 Å². The van der Waals surface area contributed by atoms with E-state index in [2.05, 4.69) is 10.6 Å². The summed E-state index contributed by atoms with van der Waals surface area (Å²) in [7, 11) is 0. The number of para-hydroxylation sites is 3. The number of carbonyl (C=O) groups excluding carboxylic acids is 1. The van der Waals surface area contributed by atoms with Crippen molar-refractivity contribution < 1.29 is 9.53 Å². The molecule has 0 spiro atoms. The molecule has 5 heteroatoms. The van der Waals surface area contributed by atoms with Crippen molar-refractivity contribution in [2.24, 2.45) is 0 Å². The quantitative estimate of drug-likeness (QED) is 0.639. The second kappa shape index (κ2) is 10.2. The van der Waals surface area contributed by atoms with Gasteiger partial charge in [0.25, 0.3) is 0 Å². The summed E-state index contributed by atoms with van der Waals surface area (Å²) in [6.45, 7) is 0.880. The first-order valence-electron chi connectivity index (χ1n) is 8.18. The van der Waals surface area contributed by atoms with Gasteiger partial charge in [0.2, 0.25) is 5.91 Å². The molecule has 0 aliphatic heterocycles. The maximum atomic E-state index is 12.2. The largest absolute Gasteiger partial charge is 0.455 e. The van der Waals surface area contributed by atoms with Crippen LogP contribution < -0.4 is 15.4 Å². The Bertz CT molecular complexity index is 811. The summed E-state index contributed by atoms with van der Waals surface area (Å²) in [5.74, 6) is 1.23. The maximum Gasteiger partial charge on any atom is 0.238 e. The SMILES string of the molecule is Cl.O=C(CNCc1ccccc1)Nc1ccccc1Oc1ccccc1. The van der Waals surface area contributed by atoms with Gasteiger partial charge >= 0.3 is 0 Å². The zero-order chi connectivity index (χ0) is 17.3. The zero-order valence-electron chi connectivity index (χ0n) is 14.2. The van der Waals surface area contributed by atoms with Crippen LogP contribution in [0.25, 0.3) is 0 Å². The van der Waals surface area contributed by atoms with Crippen molar-refractivity contribution >= 4 is 24.0 Å². The fourth-order valence-corrected chi connectivity index (χ4v) is 2.39. The Balaban J connectivity index is 0.00000243. The molecular weight excluding hydrogens is 348 g/mol. The molecule has 0 aliphatic rings. The number of anilines is 1. The van der Waals surface area contributed by atoms with Gasteiger partial charge < -0.3 is 15.4 Å². The molecule has 0 aromatic heterocycles. The second-order valence-corrected chi connectivity index (χ2v) is 5.55. The summed E-state index contributed by atoms with van der Waals surface area (Å²) in [6.07, 6.45) is 0. The van der Waals surface area contributed by atoms with Crippen LogP contribution in [0.3, 0.4) is 0 Å². The molecule has 134 valence electrons. The Morgan fingerprint density at radius 1 is 0.808 bits per heavy atom. The Labute approximate surface area is 159 Å². The molecular formula is C21H21ClN2O2. The fourth-order valence-electron chi connectivity index (χ4n) is 2.39. The number of carbonyl (C=O) groups is 1. The fraction of sp³-hybridized carbons (Fsp3) is 0.0952. The Morgan fingerprint density at radius 2 is 1.42 bits per heavy atom. The van der Waals surface area contributed by atoms with E-state index in [4.69, 9.17) is 4.74 Å². The van der Waals surface area contributed by atoms with E-state index in [-0.39, 0.29) is 24.9 Å². The first kappa shape index (κ1) is 19.5. The number of rotatable bonds is 7. The predicted molar refractivity (Wildman–Crippen MR) is 107 cm³/mol. The van der Waals surface area contributed by atoms with E-state index in [0.29, 0.717) is 18.0 Å². The Hall–Kier alpha value is -2.82. The van der Waals surface area contributed by atoms with Crippen LogP contribution in [0, 0.1) is 0 Å². The summed E-state index contributed by atoms with van der Waals surface area (Å²) >= 11 is 0. The number of hydrogen-bond donors (Lipinski definition) is 2. The van der Waals surface area contributed by atoms with Gasteiger partial charge in [-0.3, -0.25) is 4.79 Å². The normalized spacial score (nSPS) is 9.85. The third kappa shape index (κ3) is 5.92. The lowest BCUT2D eigenvalue weighted by Gasteiger charge is -2.12. The second-order valence-electron chi connectivity index (χ2n) is 5.55. The maximum absolute atomic E-state index is 12.2. The highest BCUT2D eigenvalue weighted by Crippen LogP contribution is 2.28. The molecule has 0 heterocycles. The molecule has 0 atom stereocenters. The number of benzene rings is 3. The average molecular weight is 369 g/mol. The van der Waals surface area contributed by atoms with Crippen molar-refractivity contribution in [1.29, 1.82) is 0 Å². The van der Waals surface area contributed by atoms with E-state index >= 15 is 0 Å². The molecule has 0 unspecified atom stereocenters. The van der Waals surface area contributed by atoms with Gasteiger partial charge in [0.1, 0.15) is 5.75 Å². The van der Waals surface area contributed by atoms with Crippen LogP contribution >= 0.6 is 12.4 Å². The molecule has 3 aromatic carbocycles. The van der Waals surface area contributed by atoms with Gasteiger partial charge in [-0.05, 0) is 29.8 Å². The number of nitrogens with one attached hydrogen (secondary N) is 2. The number of hydrogen-bond acceptors (Lipinski definition) is 3. The molecule has 0 fully saturated rings. The summed E-state index contributed by atoms with van der Waals surface area (Å²) in [5, 5.41) is 6.03. The minimum atomic E-state index is -0.111. The van der Waals surface area contributed by atoms with Crippen molar-refractivity contribution in [1.82, 2.24) is 5.32 Å². The van der Waals surface area contributed by atoms with E-state index < -0.39 is 0 Å². The summed E-state index contributed by atoms with van der Waals surface area (Å²) in [5.41, 5.74) is 1.79. The number of ether oxygens (including phenoxy) is 1. The van der Waals surface area contributed by atoms with Crippen LogP contribution in [-0.4, -0.2) is 12.5 Å². The third-order valence-corrected chi connectivity index (χ3v) is 3.59. The van der Waals surface area contributed by atoms with Gasteiger partial charge in [-0.25, -0.2) is 0 Å². The molecule has 0 bridgehead atoms. The van der Waals surface area contributed by atoms with Crippen molar-refractivity contribution in [3.63, 3.8) is 0 Å². The van der Waals surface area contributed by atoms with Gasteiger partial charge in [0, 0.05) is 6.54 Å². The van der Waals surface area contributed by atoms with Gasteiger partial charge in [0.05, 0.1) is 12.2 Å². The topological polar surface area (TPSA) is 50.4 Å². The van der Waals surface area contributed by atoms with Crippen LogP contribution in [0.2, 0.25) is 0 Å². The first-order chi connectivity index (χ1) is 12.3. The van der Waals surface area contributed by atoms with Crippen molar-refractivity contribution in [2.45, 2.75) is 6.54 Å². The van der Waals surface area contributed by atoms with Crippen LogP contribution in [0.15, 0.2) is 84.9 Å². The predicted octanol–water partition coefficient (Wildman–Crippen LogP) is 4.63. The van der Waals surface area contributed by atoms with Crippen molar-refractivity contribution in [3.05, 3.63) is 90.5 Å². The lowest BCUT2D eigenvalue weighted by Crippen LogP contribution is -2.27. The van der Waals surface area contributed by atoms with Crippen LogP contribution in [0.5, 0.6) is 11.5 Å². The molecule has 3 aromatic rings. The molecule has 0 saturated heterocycles. The molecule has 26 heavy (non-hydrogen) atoms. The van der Waals surface area contributed by atoms with Gasteiger partial charge in [-0.15, -0.1) is 12.4 Å². The number of halogens is 1. The van der Waals surface area contributed by atoms with E-state index in [0.717, 1.165) is 11.3 Å². The zero-order valence-corrected chi connectivity index (χ0v) is 15.0. The minimum Gasteiger partial charge on any atom is -0.455 e. The van der Waals surface area contributed by atoms with Gasteiger partial charge in [0.15, 0.2) is 5.75 Å². The van der Waals surface area contributed by atoms with Crippen LogP contribution in [0.1, 0.15) is 5.56 Å². The monoisotopic (exact) mass is 368 g/mol. The van der Waals surface area contributed by atoms with E-state index in [1.54, 1.807) is 0 Å². The number of amides is 1. The lowest BCUT2D eigenvalue weighted by atomic mass is 10.2. The smallest absolute Gasteiger partial charge is 0.238 e. The van der Waals surface area contributed by atoms with E-state index in [1.807, 2.05) is 84.9 Å². The van der Waals surface area contributed by atoms with Crippen molar-refractivity contribution in [3.8, 4) is 11.5 Å². The van der Waals surface area contributed by atoms with E-state index in [1.165, 1.54) is 0 Å². The average Bonchev–Trinajstić information content (AvgIpc) is 2.65. The minimum absolute atomic E-state index is 0. The molecule has 0 radical (unpaired) electrons. The van der Waals surface area contributed by atoms with E-state index in [9.17, 15) is 4.79 Å².